The van der Waals surface area contributed by atoms with Crippen LogP contribution in [0.1, 0.15) is 47.8 Å². The summed E-state index contributed by atoms with van der Waals surface area (Å²) in [6.45, 7) is 21.8. The SMILES string of the molecule is CC(C)(C)[Si](C)(C)OCC1OC(n2ccc(=O)[nH]c2=O)/C(=C\C#N)C1O[Si](C)(C)C(C)(C)C. The fourth-order valence-corrected chi connectivity index (χ4v) is 5.30. The molecule has 33 heavy (non-hydrogen) atoms. The fraction of sp³-hybridized carbons (Fsp3) is 0.696. The summed E-state index contributed by atoms with van der Waals surface area (Å²) in [6.07, 6.45) is 0.872. The van der Waals surface area contributed by atoms with Gasteiger partial charge in [0.2, 0.25) is 0 Å². The van der Waals surface area contributed by atoms with Crippen LogP contribution >= 0.6 is 0 Å². The van der Waals surface area contributed by atoms with Gasteiger partial charge in [-0.25, -0.2) is 4.79 Å². The lowest BCUT2D eigenvalue weighted by molar-refractivity contribution is -0.0397. The molecule has 1 fully saturated rings. The van der Waals surface area contributed by atoms with Crippen molar-refractivity contribution in [2.75, 3.05) is 6.61 Å². The molecule has 10 heteroatoms. The summed E-state index contributed by atoms with van der Waals surface area (Å²) >= 11 is 0. The second kappa shape index (κ2) is 9.46. The van der Waals surface area contributed by atoms with E-state index < -0.39 is 46.3 Å². The first-order valence-electron chi connectivity index (χ1n) is 11.3. The van der Waals surface area contributed by atoms with Gasteiger partial charge < -0.3 is 13.6 Å². The first kappa shape index (κ1) is 27.5. The zero-order chi connectivity index (χ0) is 25.4. The van der Waals surface area contributed by atoms with E-state index in [1.165, 1.54) is 22.9 Å². The van der Waals surface area contributed by atoms with E-state index in [9.17, 15) is 14.9 Å². The molecular weight excluding hydrogens is 454 g/mol. The summed E-state index contributed by atoms with van der Waals surface area (Å²) in [7, 11) is -4.35. The molecule has 2 heterocycles. The molecule has 0 spiro atoms. The number of aromatic amines is 1. The van der Waals surface area contributed by atoms with Gasteiger partial charge in [0.05, 0.1) is 12.7 Å². The zero-order valence-corrected chi connectivity index (χ0v) is 23.6. The van der Waals surface area contributed by atoms with E-state index in [0.29, 0.717) is 5.57 Å². The molecule has 3 unspecified atom stereocenters. The minimum atomic E-state index is -2.27. The second-order valence-corrected chi connectivity index (χ2v) is 21.3. The third-order valence-electron chi connectivity index (χ3n) is 7.23. The maximum atomic E-state index is 12.5. The lowest BCUT2D eigenvalue weighted by atomic mass is 10.1. The molecule has 1 saturated heterocycles. The monoisotopic (exact) mass is 493 g/mol. The van der Waals surface area contributed by atoms with Crippen molar-refractivity contribution in [2.24, 2.45) is 0 Å². The topological polar surface area (TPSA) is 106 Å². The molecular formula is C23H39N3O5Si2. The Kier molecular flexibility index (Phi) is 7.88. The highest BCUT2D eigenvalue weighted by molar-refractivity contribution is 6.74. The highest BCUT2D eigenvalue weighted by atomic mass is 28.4. The third-order valence-corrected chi connectivity index (χ3v) is 16.2. The van der Waals surface area contributed by atoms with Crippen LogP contribution in [0, 0.1) is 11.3 Å². The van der Waals surface area contributed by atoms with E-state index >= 15 is 0 Å². The Balaban J connectivity index is 2.52. The highest BCUT2D eigenvalue weighted by Crippen LogP contribution is 2.44. The third kappa shape index (κ3) is 6.02. The summed E-state index contributed by atoms with van der Waals surface area (Å²) in [6, 6.07) is 3.35. The molecule has 0 radical (unpaired) electrons. The van der Waals surface area contributed by atoms with Crippen LogP contribution < -0.4 is 11.2 Å². The van der Waals surface area contributed by atoms with Crippen molar-refractivity contribution < 1.29 is 13.6 Å². The average Bonchev–Trinajstić information content (AvgIpc) is 2.95. The number of hydrogen-bond donors (Lipinski definition) is 1. The van der Waals surface area contributed by atoms with Gasteiger partial charge in [0.15, 0.2) is 22.9 Å². The maximum absolute atomic E-state index is 12.5. The van der Waals surface area contributed by atoms with E-state index in [0.717, 1.165) is 0 Å². The fourth-order valence-electron chi connectivity index (χ4n) is 3.01. The summed E-state index contributed by atoms with van der Waals surface area (Å²) in [5.41, 5.74) is -0.541. The van der Waals surface area contributed by atoms with Crippen LogP contribution in [0.25, 0.3) is 0 Å². The minimum Gasteiger partial charge on any atom is -0.414 e. The van der Waals surface area contributed by atoms with E-state index in [4.69, 9.17) is 13.6 Å². The van der Waals surface area contributed by atoms with Gasteiger partial charge in [-0.2, -0.15) is 5.26 Å². The quantitative estimate of drug-likeness (QED) is 0.468. The van der Waals surface area contributed by atoms with Crippen LogP contribution in [0.2, 0.25) is 36.3 Å². The van der Waals surface area contributed by atoms with Crippen molar-refractivity contribution >= 4 is 16.6 Å². The number of nitriles is 1. The largest absolute Gasteiger partial charge is 0.414 e. The van der Waals surface area contributed by atoms with E-state index in [1.807, 2.05) is 0 Å². The Labute approximate surface area is 198 Å². The van der Waals surface area contributed by atoms with Gasteiger partial charge in [0, 0.05) is 23.9 Å². The predicted molar refractivity (Wildman–Crippen MR) is 134 cm³/mol. The van der Waals surface area contributed by atoms with Crippen molar-refractivity contribution in [2.45, 2.75) is 96.2 Å². The smallest absolute Gasteiger partial charge is 0.330 e. The molecule has 1 aliphatic rings. The van der Waals surface area contributed by atoms with Crippen molar-refractivity contribution in [3.8, 4) is 6.07 Å². The second-order valence-electron chi connectivity index (χ2n) is 11.7. The Hall–Kier alpha value is -1.78. The van der Waals surface area contributed by atoms with Crippen LogP contribution in [0.4, 0.5) is 0 Å². The molecule has 0 saturated carbocycles. The molecule has 1 aromatic rings. The Bertz CT molecular complexity index is 1040. The number of allylic oxidation sites excluding steroid dienone is 1. The summed E-state index contributed by atoms with van der Waals surface area (Å²) in [5, 5.41) is 9.49. The van der Waals surface area contributed by atoms with Gasteiger partial charge in [-0.05, 0) is 36.3 Å². The molecule has 0 aliphatic carbocycles. The van der Waals surface area contributed by atoms with Crippen LogP contribution in [0.3, 0.4) is 0 Å². The zero-order valence-electron chi connectivity index (χ0n) is 21.6. The van der Waals surface area contributed by atoms with Gasteiger partial charge in [-0.15, -0.1) is 0 Å². The number of nitrogens with zero attached hydrogens (tertiary/aromatic N) is 2. The van der Waals surface area contributed by atoms with Crippen LogP contribution in [-0.4, -0.2) is 45.0 Å². The minimum absolute atomic E-state index is 0.0158. The van der Waals surface area contributed by atoms with E-state index in [-0.39, 0.29) is 16.7 Å². The summed E-state index contributed by atoms with van der Waals surface area (Å²) < 4.78 is 20.8. The molecule has 3 atom stereocenters. The number of H-pyrrole nitrogens is 1. The van der Waals surface area contributed by atoms with Crippen LogP contribution in [0.15, 0.2) is 33.5 Å². The summed E-state index contributed by atoms with van der Waals surface area (Å²) in [5.74, 6) is 0. The molecule has 1 aromatic heterocycles. The highest BCUT2D eigenvalue weighted by Gasteiger charge is 2.49. The molecule has 0 aromatic carbocycles. The number of hydrogen-bond acceptors (Lipinski definition) is 6. The van der Waals surface area contributed by atoms with Crippen molar-refractivity contribution in [1.82, 2.24) is 9.55 Å². The molecule has 1 N–H and O–H groups in total. The summed E-state index contributed by atoms with van der Waals surface area (Å²) in [4.78, 5) is 26.4. The molecule has 184 valence electrons. The van der Waals surface area contributed by atoms with Crippen molar-refractivity contribution in [3.05, 3.63) is 44.8 Å². The van der Waals surface area contributed by atoms with Crippen LogP contribution in [-0.2, 0) is 13.6 Å². The van der Waals surface area contributed by atoms with E-state index in [2.05, 4.69) is 78.8 Å². The normalized spacial score (nSPS) is 23.7. The maximum Gasteiger partial charge on any atom is 0.330 e. The molecule has 0 bridgehead atoms. The van der Waals surface area contributed by atoms with Crippen molar-refractivity contribution in [1.29, 1.82) is 5.26 Å². The Morgan fingerprint density at radius 2 is 1.70 bits per heavy atom. The van der Waals surface area contributed by atoms with Gasteiger partial charge in [-0.3, -0.25) is 14.3 Å². The lowest BCUT2D eigenvalue weighted by Gasteiger charge is -2.40. The first-order chi connectivity index (χ1) is 14.9. The average molecular weight is 494 g/mol. The lowest BCUT2D eigenvalue weighted by Crippen LogP contribution is -2.48. The van der Waals surface area contributed by atoms with Gasteiger partial charge >= 0.3 is 5.69 Å². The van der Waals surface area contributed by atoms with E-state index in [1.54, 1.807) is 0 Å². The molecule has 2 rings (SSSR count). The van der Waals surface area contributed by atoms with Gasteiger partial charge in [0.1, 0.15) is 12.2 Å². The Morgan fingerprint density at radius 1 is 1.12 bits per heavy atom. The number of ether oxygens (including phenoxy) is 1. The number of rotatable bonds is 6. The molecule has 0 amide bonds. The standard InChI is InChI=1S/C23H39N3O5Si2/c1-22(2,3)32(7,8)29-15-17-19(31-33(9,10)23(4,5)6)16(11-13-24)20(30-17)26-14-12-18(27)25-21(26)28/h11-12,14,17,19-20H,15H2,1-10H3,(H,25,27,28)/b16-11-. The van der Waals surface area contributed by atoms with Gasteiger partial charge in [0.25, 0.3) is 5.56 Å². The van der Waals surface area contributed by atoms with Crippen LogP contribution in [0.5, 0.6) is 0 Å². The van der Waals surface area contributed by atoms with Gasteiger partial charge in [-0.1, -0.05) is 41.5 Å². The van der Waals surface area contributed by atoms with Crippen molar-refractivity contribution in [3.63, 3.8) is 0 Å². The number of aromatic nitrogens is 2. The first-order valence-corrected chi connectivity index (χ1v) is 17.1. The predicted octanol–water partition coefficient (Wildman–Crippen LogP) is 4.30. The molecule has 8 nitrogen and oxygen atoms in total. The molecule has 1 aliphatic heterocycles. The number of nitrogens with one attached hydrogen (secondary N) is 1. The Morgan fingerprint density at radius 3 is 2.18 bits per heavy atom.